The van der Waals surface area contributed by atoms with Gasteiger partial charge in [0.05, 0.1) is 5.60 Å². The Morgan fingerprint density at radius 2 is 2.33 bits per heavy atom. The summed E-state index contributed by atoms with van der Waals surface area (Å²) in [7, 11) is 0. The van der Waals surface area contributed by atoms with Crippen molar-refractivity contribution in [3.8, 4) is 0 Å². The number of hydrogen-bond donors (Lipinski definition) is 2. The van der Waals surface area contributed by atoms with Crippen LogP contribution in [0.4, 0.5) is 0 Å². The minimum atomic E-state index is -0.242. The molecule has 1 aliphatic rings. The first-order valence-corrected chi connectivity index (χ1v) is 5.57. The van der Waals surface area contributed by atoms with Crippen LogP contribution in [0.25, 0.3) is 0 Å². The highest BCUT2D eigenvalue weighted by molar-refractivity contribution is 5.76. The van der Waals surface area contributed by atoms with Gasteiger partial charge >= 0.3 is 0 Å². The van der Waals surface area contributed by atoms with Crippen molar-refractivity contribution >= 4 is 5.91 Å². The van der Waals surface area contributed by atoms with Gasteiger partial charge in [0.25, 0.3) is 0 Å². The van der Waals surface area contributed by atoms with E-state index in [9.17, 15) is 4.79 Å². The summed E-state index contributed by atoms with van der Waals surface area (Å²) in [4.78, 5) is 10.9. The number of ether oxygens (including phenoxy) is 1. The van der Waals surface area contributed by atoms with Crippen LogP contribution in [0, 0.1) is 5.92 Å². The van der Waals surface area contributed by atoms with Crippen LogP contribution in [-0.2, 0) is 9.53 Å². The zero-order valence-electron chi connectivity index (χ0n) is 9.88. The third-order valence-electron chi connectivity index (χ3n) is 2.90. The molecule has 1 amide bonds. The molecule has 88 valence electrons. The number of primary amides is 1. The lowest BCUT2D eigenvalue weighted by Gasteiger charge is -2.36. The Morgan fingerprint density at radius 1 is 1.67 bits per heavy atom. The largest absolute Gasteiger partial charge is 0.375 e. The molecule has 1 heterocycles. The number of carbonyl (C=O) groups is 1. The van der Waals surface area contributed by atoms with E-state index < -0.39 is 0 Å². The van der Waals surface area contributed by atoms with Crippen LogP contribution >= 0.6 is 0 Å². The van der Waals surface area contributed by atoms with Gasteiger partial charge in [0.2, 0.25) is 5.91 Å². The summed E-state index contributed by atoms with van der Waals surface area (Å²) < 4.78 is 5.62. The molecule has 0 aromatic carbocycles. The highest BCUT2D eigenvalue weighted by Gasteiger charge is 2.28. The van der Waals surface area contributed by atoms with Crippen LogP contribution < -0.4 is 11.1 Å². The molecule has 0 bridgehead atoms. The van der Waals surface area contributed by atoms with Crippen molar-refractivity contribution in [2.24, 2.45) is 11.7 Å². The van der Waals surface area contributed by atoms with E-state index in [2.05, 4.69) is 19.2 Å². The smallest absolute Gasteiger partial charge is 0.221 e. The second-order valence-corrected chi connectivity index (χ2v) is 5.01. The Hall–Kier alpha value is -0.610. The Balaban J connectivity index is 2.30. The van der Waals surface area contributed by atoms with Gasteiger partial charge in [-0.25, -0.2) is 0 Å². The number of rotatable bonds is 4. The minimum Gasteiger partial charge on any atom is -0.375 e. The summed E-state index contributed by atoms with van der Waals surface area (Å²) in [6.45, 7) is 7.49. The van der Waals surface area contributed by atoms with Crippen molar-refractivity contribution in [3.63, 3.8) is 0 Å². The second kappa shape index (κ2) is 4.94. The topological polar surface area (TPSA) is 64.3 Å². The van der Waals surface area contributed by atoms with E-state index in [-0.39, 0.29) is 17.4 Å². The standard InChI is InChI=1S/C11H22N2O2/c1-8(10(12)14)7-13-9-4-5-15-11(2,3)6-9/h8-9,13H,4-7H2,1-3H3,(H2,12,14). The molecule has 2 unspecified atom stereocenters. The molecule has 2 atom stereocenters. The maximum absolute atomic E-state index is 10.9. The fourth-order valence-corrected chi connectivity index (χ4v) is 1.85. The lowest BCUT2D eigenvalue weighted by Crippen LogP contribution is -2.45. The minimum absolute atomic E-state index is 0.0497. The third kappa shape index (κ3) is 4.18. The van der Waals surface area contributed by atoms with Gasteiger partial charge in [0.15, 0.2) is 0 Å². The first-order valence-electron chi connectivity index (χ1n) is 5.57. The first kappa shape index (κ1) is 12.5. The zero-order chi connectivity index (χ0) is 11.5. The molecule has 0 aromatic heterocycles. The van der Waals surface area contributed by atoms with Crippen molar-refractivity contribution in [3.05, 3.63) is 0 Å². The van der Waals surface area contributed by atoms with Gasteiger partial charge in [0.1, 0.15) is 0 Å². The molecule has 1 saturated heterocycles. The summed E-state index contributed by atoms with van der Waals surface area (Å²) in [6, 6.07) is 0.440. The van der Waals surface area contributed by atoms with Crippen molar-refractivity contribution in [1.82, 2.24) is 5.32 Å². The summed E-state index contributed by atoms with van der Waals surface area (Å²) in [5.74, 6) is -0.343. The Labute approximate surface area is 91.5 Å². The molecule has 4 heteroatoms. The Bertz CT molecular complexity index is 229. The molecule has 1 aliphatic heterocycles. The molecule has 0 radical (unpaired) electrons. The molecule has 4 nitrogen and oxygen atoms in total. The second-order valence-electron chi connectivity index (χ2n) is 5.01. The molecular weight excluding hydrogens is 192 g/mol. The third-order valence-corrected chi connectivity index (χ3v) is 2.90. The predicted octanol–water partition coefficient (Wildman–Crippen LogP) is 0.655. The summed E-state index contributed by atoms with van der Waals surface area (Å²) in [6.07, 6.45) is 1.99. The van der Waals surface area contributed by atoms with Crippen molar-refractivity contribution in [1.29, 1.82) is 0 Å². The molecule has 3 N–H and O–H groups in total. The van der Waals surface area contributed by atoms with Gasteiger partial charge in [-0.05, 0) is 26.7 Å². The van der Waals surface area contributed by atoms with E-state index in [0.717, 1.165) is 19.4 Å². The lowest BCUT2D eigenvalue weighted by molar-refractivity contribution is -0.121. The number of carbonyl (C=O) groups excluding carboxylic acids is 1. The molecule has 0 aliphatic carbocycles. The molecule has 15 heavy (non-hydrogen) atoms. The van der Waals surface area contributed by atoms with E-state index in [1.165, 1.54) is 0 Å². The maximum Gasteiger partial charge on any atom is 0.221 e. The van der Waals surface area contributed by atoms with Gasteiger partial charge in [-0.3, -0.25) is 4.79 Å². The van der Waals surface area contributed by atoms with Gasteiger partial charge in [0, 0.05) is 25.1 Å². The van der Waals surface area contributed by atoms with Crippen LogP contribution in [0.2, 0.25) is 0 Å². The van der Waals surface area contributed by atoms with E-state index in [4.69, 9.17) is 10.5 Å². The summed E-state index contributed by atoms with van der Waals surface area (Å²) in [5.41, 5.74) is 5.15. The van der Waals surface area contributed by atoms with Crippen LogP contribution in [-0.4, -0.2) is 30.7 Å². The maximum atomic E-state index is 10.9. The zero-order valence-corrected chi connectivity index (χ0v) is 9.88. The van der Waals surface area contributed by atoms with E-state index in [1.807, 2.05) is 6.92 Å². The van der Waals surface area contributed by atoms with Gasteiger partial charge in [-0.15, -0.1) is 0 Å². The number of nitrogens with one attached hydrogen (secondary N) is 1. The number of amides is 1. The van der Waals surface area contributed by atoms with Gasteiger partial charge in [-0.2, -0.15) is 0 Å². The van der Waals surface area contributed by atoms with Crippen LogP contribution in [0.5, 0.6) is 0 Å². The average molecular weight is 214 g/mol. The van der Waals surface area contributed by atoms with Crippen molar-refractivity contribution in [2.75, 3.05) is 13.2 Å². The van der Waals surface area contributed by atoms with Crippen LogP contribution in [0.15, 0.2) is 0 Å². The fourth-order valence-electron chi connectivity index (χ4n) is 1.85. The summed E-state index contributed by atoms with van der Waals surface area (Å²) in [5, 5.41) is 3.38. The molecular formula is C11H22N2O2. The molecule has 0 saturated carbocycles. The van der Waals surface area contributed by atoms with Crippen molar-refractivity contribution < 1.29 is 9.53 Å². The van der Waals surface area contributed by atoms with E-state index in [0.29, 0.717) is 12.6 Å². The number of nitrogens with two attached hydrogens (primary N) is 1. The average Bonchev–Trinajstić information content (AvgIpc) is 2.12. The highest BCUT2D eigenvalue weighted by Crippen LogP contribution is 2.23. The van der Waals surface area contributed by atoms with Crippen LogP contribution in [0.3, 0.4) is 0 Å². The molecule has 0 spiro atoms. The van der Waals surface area contributed by atoms with E-state index >= 15 is 0 Å². The molecule has 1 rings (SSSR count). The normalized spacial score (nSPS) is 27.3. The van der Waals surface area contributed by atoms with Crippen molar-refractivity contribution in [2.45, 2.75) is 45.3 Å². The first-order chi connectivity index (χ1) is 6.91. The van der Waals surface area contributed by atoms with Gasteiger partial charge in [-0.1, -0.05) is 6.92 Å². The quantitative estimate of drug-likeness (QED) is 0.722. The summed E-state index contributed by atoms with van der Waals surface area (Å²) >= 11 is 0. The molecule has 0 aromatic rings. The molecule has 1 fully saturated rings. The monoisotopic (exact) mass is 214 g/mol. The predicted molar refractivity (Wildman–Crippen MR) is 59.4 cm³/mol. The fraction of sp³-hybridized carbons (Fsp3) is 0.909. The lowest BCUT2D eigenvalue weighted by atomic mass is 9.93. The van der Waals surface area contributed by atoms with Gasteiger partial charge < -0.3 is 15.8 Å². The van der Waals surface area contributed by atoms with Crippen LogP contribution in [0.1, 0.15) is 33.6 Å². The Kier molecular flexibility index (Phi) is 4.11. The highest BCUT2D eigenvalue weighted by atomic mass is 16.5. The SMILES string of the molecule is CC(CNC1CCOC(C)(C)C1)C(N)=O. The van der Waals surface area contributed by atoms with E-state index in [1.54, 1.807) is 0 Å². The number of hydrogen-bond acceptors (Lipinski definition) is 3. The Morgan fingerprint density at radius 3 is 2.87 bits per heavy atom.